The summed E-state index contributed by atoms with van der Waals surface area (Å²) in [5, 5.41) is 7.59. The van der Waals surface area contributed by atoms with E-state index in [1.54, 1.807) is 6.20 Å². The summed E-state index contributed by atoms with van der Waals surface area (Å²) in [5.41, 5.74) is 7.13. The Morgan fingerprint density at radius 3 is 2.67 bits per heavy atom. The van der Waals surface area contributed by atoms with E-state index >= 15 is 0 Å². The van der Waals surface area contributed by atoms with Crippen molar-refractivity contribution in [1.82, 2.24) is 9.97 Å². The van der Waals surface area contributed by atoms with Gasteiger partial charge in [0, 0.05) is 18.8 Å². The van der Waals surface area contributed by atoms with Gasteiger partial charge < -0.3 is 10.6 Å². The van der Waals surface area contributed by atoms with E-state index in [2.05, 4.69) is 9.97 Å². The van der Waals surface area contributed by atoms with Gasteiger partial charge in [0.15, 0.2) is 0 Å². The van der Waals surface area contributed by atoms with Gasteiger partial charge in [-0.1, -0.05) is 12.1 Å². The van der Waals surface area contributed by atoms with Crippen LogP contribution in [-0.4, -0.2) is 22.9 Å². The molecule has 2 rings (SSSR count). The lowest BCUT2D eigenvalue weighted by molar-refractivity contribution is 1.01. The summed E-state index contributed by atoms with van der Waals surface area (Å²) in [4.78, 5) is 10.3. The number of anilines is 2. The molecule has 2 aromatic rings. The van der Waals surface area contributed by atoms with Gasteiger partial charge in [0.05, 0.1) is 5.69 Å². The number of nitrogen functional groups attached to an aromatic ring is 1. The van der Waals surface area contributed by atoms with Crippen LogP contribution in [0.4, 0.5) is 11.5 Å². The minimum absolute atomic E-state index is 0.0447. The molecule has 0 spiro atoms. The maximum Gasteiger partial charge on any atom is 0.136 e. The molecule has 0 atom stereocenters. The molecule has 0 bridgehead atoms. The van der Waals surface area contributed by atoms with Gasteiger partial charge in [-0.2, -0.15) is 0 Å². The first kappa shape index (κ1) is 12.0. The van der Waals surface area contributed by atoms with Gasteiger partial charge in [0.2, 0.25) is 0 Å². The second kappa shape index (κ2) is 4.83. The molecule has 0 fully saturated rings. The molecular formula is C13H15N5. The highest BCUT2D eigenvalue weighted by molar-refractivity contribution is 6.01. The van der Waals surface area contributed by atoms with Crippen LogP contribution in [0, 0.1) is 12.3 Å². The highest BCUT2D eigenvalue weighted by Crippen LogP contribution is 2.24. The summed E-state index contributed by atoms with van der Waals surface area (Å²) < 4.78 is 0. The molecular weight excluding hydrogens is 226 g/mol. The molecule has 5 nitrogen and oxygen atoms in total. The van der Waals surface area contributed by atoms with Gasteiger partial charge in [0.25, 0.3) is 0 Å². The van der Waals surface area contributed by atoms with Crippen LogP contribution in [0.2, 0.25) is 0 Å². The lowest BCUT2D eigenvalue weighted by Gasteiger charge is -2.21. The van der Waals surface area contributed by atoms with E-state index < -0.39 is 0 Å². The van der Waals surface area contributed by atoms with E-state index in [0.29, 0.717) is 11.4 Å². The Balaban J connectivity index is 2.46. The van der Waals surface area contributed by atoms with Gasteiger partial charge in [-0.3, -0.25) is 5.41 Å². The highest BCUT2D eigenvalue weighted by atomic mass is 15.2. The van der Waals surface area contributed by atoms with E-state index in [1.165, 1.54) is 0 Å². The van der Waals surface area contributed by atoms with Crippen LogP contribution in [-0.2, 0) is 0 Å². The smallest absolute Gasteiger partial charge is 0.136 e. The molecule has 0 amide bonds. The van der Waals surface area contributed by atoms with Crippen LogP contribution in [0.25, 0.3) is 0 Å². The fourth-order valence-corrected chi connectivity index (χ4v) is 1.75. The van der Waals surface area contributed by atoms with Crippen molar-refractivity contribution >= 4 is 17.3 Å². The van der Waals surface area contributed by atoms with Crippen LogP contribution in [0.15, 0.2) is 36.5 Å². The number of nitrogens with zero attached hydrogens (tertiary/aromatic N) is 3. The van der Waals surface area contributed by atoms with E-state index in [0.717, 1.165) is 11.5 Å². The van der Waals surface area contributed by atoms with E-state index in [1.807, 2.05) is 49.2 Å². The standard InChI is InChI=1S/C13H15N5/c1-9-16-8-7-12(17-9)18(2)11-6-4-3-5-10(11)13(14)15/h3-8H,1-2H3,(H3,14,15). The fourth-order valence-electron chi connectivity index (χ4n) is 1.75. The average Bonchev–Trinajstić information content (AvgIpc) is 2.38. The molecule has 1 aromatic heterocycles. The molecule has 18 heavy (non-hydrogen) atoms. The second-order valence-electron chi connectivity index (χ2n) is 3.95. The maximum atomic E-state index is 7.59. The van der Waals surface area contributed by atoms with Crippen molar-refractivity contribution in [3.63, 3.8) is 0 Å². The number of aryl methyl sites for hydroxylation is 1. The molecule has 1 heterocycles. The summed E-state index contributed by atoms with van der Waals surface area (Å²) in [6, 6.07) is 9.33. The SMILES string of the molecule is Cc1nccc(N(C)c2ccccc2C(=N)N)n1. The van der Waals surface area contributed by atoms with Crippen LogP contribution in [0.1, 0.15) is 11.4 Å². The largest absolute Gasteiger partial charge is 0.384 e. The van der Waals surface area contributed by atoms with Crippen LogP contribution in [0.3, 0.4) is 0 Å². The fraction of sp³-hybridized carbons (Fsp3) is 0.154. The Kier molecular flexibility index (Phi) is 3.23. The van der Waals surface area contributed by atoms with Crippen molar-refractivity contribution in [2.45, 2.75) is 6.92 Å². The highest BCUT2D eigenvalue weighted by Gasteiger charge is 2.11. The molecule has 0 unspecified atom stereocenters. The number of hydrogen-bond acceptors (Lipinski definition) is 4. The Morgan fingerprint density at radius 1 is 1.28 bits per heavy atom. The van der Waals surface area contributed by atoms with Crippen molar-refractivity contribution in [3.8, 4) is 0 Å². The molecule has 92 valence electrons. The first-order valence-electron chi connectivity index (χ1n) is 5.56. The lowest BCUT2D eigenvalue weighted by atomic mass is 10.1. The zero-order valence-electron chi connectivity index (χ0n) is 10.4. The summed E-state index contributed by atoms with van der Waals surface area (Å²) in [6.07, 6.45) is 1.71. The average molecular weight is 241 g/mol. The van der Waals surface area contributed by atoms with E-state index in [4.69, 9.17) is 11.1 Å². The van der Waals surface area contributed by atoms with Crippen LogP contribution >= 0.6 is 0 Å². The zero-order chi connectivity index (χ0) is 13.1. The predicted octanol–water partition coefficient (Wildman–Crippen LogP) is 1.84. The molecule has 0 radical (unpaired) electrons. The number of rotatable bonds is 3. The van der Waals surface area contributed by atoms with Crippen molar-refractivity contribution in [2.75, 3.05) is 11.9 Å². The number of para-hydroxylation sites is 1. The third kappa shape index (κ3) is 2.29. The molecule has 0 aliphatic carbocycles. The summed E-state index contributed by atoms with van der Waals surface area (Å²) in [7, 11) is 1.89. The predicted molar refractivity (Wildman–Crippen MR) is 72.3 cm³/mol. The quantitative estimate of drug-likeness (QED) is 0.634. The second-order valence-corrected chi connectivity index (χ2v) is 3.95. The normalized spacial score (nSPS) is 10.1. The number of amidine groups is 1. The number of benzene rings is 1. The zero-order valence-corrected chi connectivity index (χ0v) is 10.4. The molecule has 1 aromatic carbocycles. The van der Waals surface area contributed by atoms with Crippen molar-refractivity contribution in [1.29, 1.82) is 5.41 Å². The molecule has 0 aliphatic heterocycles. The minimum Gasteiger partial charge on any atom is -0.384 e. The van der Waals surface area contributed by atoms with Gasteiger partial charge in [0.1, 0.15) is 17.5 Å². The molecule has 5 heteroatoms. The van der Waals surface area contributed by atoms with Crippen molar-refractivity contribution in [2.24, 2.45) is 5.73 Å². The Labute approximate surface area is 106 Å². The molecule has 0 aliphatic rings. The molecule has 3 N–H and O–H groups in total. The van der Waals surface area contributed by atoms with Gasteiger partial charge in [-0.05, 0) is 25.1 Å². The monoisotopic (exact) mass is 241 g/mol. The van der Waals surface area contributed by atoms with Crippen molar-refractivity contribution in [3.05, 3.63) is 47.9 Å². The van der Waals surface area contributed by atoms with E-state index in [9.17, 15) is 0 Å². The number of nitrogens with two attached hydrogens (primary N) is 1. The molecule has 0 saturated heterocycles. The summed E-state index contributed by atoms with van der Waals surface area (Å²) >= 11 is 0. The van der Waals surface area contributed by atoms with Gasteiger partial charge in [-0.15, -0.1) is 0 Å². The number of hydrogen-bond donors (Lipinski definition) is 2. The third-order valence-electron chi connectivity index (χ3n) is 2.66. The summed E-state index contributed by atoms with van der Waals surface area (Å²) in [5.74, 6) is 1.53. The Morgan fingerprint density at radius 2 is 2.00 bits per heavy atom. The first-order valence-corrected chi connectivity index (χ1v) is 5.56. The lowest BCUT2D eigenvalue weighted by Crippen LogP contribution is -2.19. The first-order chi connectivity index (χ1) is 8.59. The van der Waals surface area contributed by atoms with Gasteiger partial charge in [-0.25, -0.2) is 9.97 Å². The summed E-state index contributed by atoms with van der Waals surface area (Å²) in [6.45, 7) is 1.84. The third-order valence-corrected chi connectivity index (χ3v) is 2.66. The van der Waals surface area contributed by atoms with Crippen LogP contribution < -0.4 is 10.6 Å². The van der Waals surface area contributed by atoms with Crippen molar-refractivity contribution < 1.29 is 0 Å². The number of nitrogens with one attached hydrogen (secondary N) is 1. The van der Waals surface area contributed by atoms with Crippen LogP contribution in [0.5, 0.6) is 0 Å². The topological polar surface area (TPSA) is 78.9 Å². The minimum atomic E-state index is 0.0447. The van der Waals surface area contributed by atoms with Gasteiger partial charge >= 0.3 is 0 Å². The molecule has 0 saturated carbocycles. The maximum absolute atomic E-state index is 7.59. The Bertz CT molecular complexity index is 579. The van der Waals surface area contributed by atoms with E-state index in [-0.39, 0.29) is 5.84 Å². The number of aromatic nitrogens is 2. The Hall–Kier alpha value is -2.43.